The van der Waals surface area contributed by atoms with Crippen LogP contribution in [0.4, 0.5) is 0 Å². The Labute approximate surface area is 103 Å². The highest BCUT2D eigenvalue weighted by molar-refractivity contribution is 9.10. The first-order valence-electron chi connectivity index (χ1n) is 5.08. The molecule has 4 heteroatoms. The molecular formula is C12H14BrN3. The van der Waals surface area contributed by atoms with Crippen molar-refractivity contribution >= 4 is 15.9 Å². The lowest BCUT2D eigenvalue weighted by Gasteiger charge is -2.14. The molecule has 0 aliphatic heterocycles. The fourth-order valence-corrected chi connectivity index (χ4v) is 2.44. The van der Waals surface area contributed by atoms with Crippen molar-refractivity contribution in [2.24, 2.45) is 12.8 Å². The zero-order chi connectivity index (χ0) is 11.7. The SMILES string of the molecule is Cc1ccc(C(N)c2nccn2C)c(Br)c1. The molecule has 0 radical (unpaired) electrons. The number of hydrogen-bond donors (Lipinski definition) is 1. The molecule has 0 saturated carbocycles. The molecule has 1 aromatic carbocycles. The van der Waals surface area contributed by atoms with Crippen LogP contribution < -0.4 is 5.73 Å². The third-order valence-electron chi connectivity index (χ3n) is 2.63. The lowest BCUT2D eigenvalue weighted by atomic mass is 10.1. The number of aromatic nitrogens is 2. The highest BCUT2D eigenvalue weighted by Crippen LogP contribution is 2.26. The van der Waals surface area contributed by atoms with E-state index in [1.54, 1.807) is 6.20 Å². The molecule has 0 saturated heterocycles. The molecule has 1 unspecified atom stereocenters. The summed E-state index contributed by atoms with van der Waals surface area (Å²) in [5.74, 6) is 0.865. The van der Waals surface area contributed by atoms with Crippen LogP contribution in [0.3, 0.4) is 0 Å². The van der Waals surface area contributed by atoms with Crippen LogP contribution in [-0.4, -0.2) is 9.55 Å². The zero-order valence-corrected chi connectivity index (χ0v) is 10.9. The van der Waals surface area contributed by atoms with Gasteiger partial charge in [-0.1, -0.05) is 28.1 Å². The van der Waals surface area contributed by atoms with Crippen LogP contribution in [0.15, 0.2) is 35.1 Å². The Balaban J connectivity index is 2.41. The minimum Gasteiger partial charge on any atom is -0.336 e. The van der Waals surface area contributed by atoms with Gasteiger partial charge in [-0.2, -0.15) is 0 Å². The molecule has 0 spiro atoms. The van der Waals surface area contributed by atoms with Gasteiger partial charge in [0.05, 0.1) is 6.04 Å². The first-order valence-corrected chi connectivity index (χ1v) is 5.87. The summed E-state index contributed by atoms with van der Waals surface area (Å²) >= 11 is 3.54. The van der Waals surface area contributed by atoms with Crippen molar-refractivity contribution in [3.63, 3.8) is 0 Å². The minimum absolute atomic E-state index is 0.199. The average molecular weight is 280 g/mol. The molecular weight excluding hydrogens is 266 g/mol. The van der Waals surface area contributed by atoms with E-state index in [9.17, 15) is 0 Å². The normalized spacial score (nSPS) is 12.8. The smallest absolute Gasteiger partial charge is 0.130 e. The lowest BCUT2D eigenvalue weighted by Crippen LogP contribution is -2.17. The maximum Gasteiger partial charge on any atom is 0.130 e. The monoisotopic (exact) mass is 279 g/mol. The third kappa shape index (κ3) is 2.03. The quantitative estimate of drug-likeness (QED) is 0.918. The molecule has 2 aromatic rings. The van der Waals surface area contributed by atoms with Crippen molar-refractivity contribution in [1.82, 2.24) is 9.55 Å². The summed E-state index contributed by atoms with van der Waals surface area (Å²) in [5, 5.41) is 0. The third-order valence-corrected chi connectivity index (χ3v) is 3.31. The second-order valence-electron chi connectivity index (χ2n) is 3.90. The maximum absolute atomic E-state index is 6.20. The van der Waals surface area contributed by atoms with Gasteiger partial charge in [-0.15, -0.1) is 0 Å². The van der Waals surface area contributed by atoms with Gasteiger partial charge in [0.2, 0.25) is 0 Å². The number of imidazole rings is 1. The molecule has 1 aromatic heterocycles. The summed E-state index contributed by atoms with van der Waals surface area (Å²) in [7, 11) is 1.95. The molecule has 2 rings (SSSR count). The summed E-state index contributed by atoms with van der Waals surface area (Å²) in [6, 6.07) is 5.97. The first-order chi connectivity index (χ1) is 7.59. The van der Waals surface area contributed by atoms with Gasteiger partial charge in [-0.25, -0.2) is 4.98 Å². The number of benzene rings is 1. The standard InChI is InChI=1S/C12H14BrN3/c1-8-3-4-9(10(13)7-8)11(14)12-15-5-6-16(12)2/h3-7,11H,14H2,1-2H3. The van der Waals surface area contributed by atoms with E-state index in [0.717, 1.165) is 15.9 Å². The minimum atomic E-state index is -0.199. The first kappa shape index (κ1) is 11.4. The number of halogens is 1. The molecule has 0 amide bonds. The van der Waals surface area contributed by atoms with Gasteiger partial charge >= 0.3 is 0 Å². The Kier molecular flexibility index (Phi) is 3.12. The van der Waals surface area contributed by atoms with Crippen LogP contribution in [0.25, 0.3) is 0 Å². The van der Waals surface area contributed by atoms with E-state index in [-0.39, 0.29) is 6.04 Å². The van der Waals surface area contributed by atoms with Crippen molar-refractivity contribution < 1.29 is 0 Å². The van der Waals surface area contributed by atoms with Gasteiger partial charge in [-0.05, 0) is 24.1 Å². The molecule has 0 aliphatic rings. The van der Waals surface area contributed by atoms with Gasteiger partial charge < -0.3 is 10.3 Å². The van der Waals surface area contributed by atoms with E-state index in [4.69, 9.17) is 5.73 Å². The highest BCUT2D eigenvalue weighted by atomic mass is 79.9. The van der Waals surface area contributed by atoms with Gasteiger partial charge in [0, 0.05) is 23.9 Å². The lowest BCUT2D eigenvalue weighted by molar-refractivity contribution is 0.714. The molecule has 0 aliphatic carbocycles. The van der Waals surface area contributed by atoms with Gasteiger partial charge in [0.25, 0.3) is 0 Å². The van der Waals surface area contributed by atoms with Crippen LogP contribution in [0.2, 0.25) is 0 Å². The largest absolute Gasteiger partial charge is 0.336 e. The molecule has 2 N–H and O–H groups in total. The summed E-state index contributed by atoms with van der Waals surface area (Å²) in [5.41, 5.74) is 8.47. The number of rotatable bonds is 2. The molecule has 0 bridgehead atoms. The molecule has 1 heterocycles. The molecule has 0 fully saturated rings. The van der Waals surface area contributed by atoms with Crippen LogP contribution in [-0.2, 0) is 7.05 Å². The Morgan fingerprint density at radius 1 is 1.44 bits per heavy atom. The number of hydrogen-bond acceptors (Lipinski definition) is 2. The number of nitrogens with two attached hydrogens (primary N) is 1. The Hall–Kier alpha value is -1.13. The van der Waals surface area contributed by atoms with Crippen LogP contribution >= 0.6 is 15.9 Å². The predicted octanol–water partition coefficient (Wildman–Crippen LogP) is 2.54. The van der Waals surface area contributed by atoms with Crippen molar-refractivity contribution in [1.29, 1.82) is 0 Å². The van der Waals surface area contributed by atoms with Crippen molar-refractivity contribution in [3.8, 4) is 0 Å². The van der Waals surface area contributed by atoms with E-state index in [2.05, 4.69) is 40.0 Å². The second-order valence-corrected chi connectivity index (χ2v) is 4.75. The summed E-state index contributed by atoms with van der Waals surface area (Å²) in [4.78, 5) is 4.27. The highest BCUT2D eigenvalue weighted by Gasteiger charge is 2.15. The fourth-order valence-electron chi connectivity index (χ4n) is 1.70. The zero-order valence-electron chi connectivity index (χ0n) is 9.31. The topological polar surface area (TPSA) is 43.8 Å². The summed E-state index contributed by atoms with van der Waals surface area (Å²) in [6.07, 6.45) is 3.66. The Morgan fingerprint density at radius 3 is 2.75 bits per heavy atom. The van der Waals surface area contributed by atoms with Crippen LogP contribution in [0.5, 0.6) is 0 Å². The van der Waals surface area contributed by atoms with Gasteiger partial charge in [0.1, 0.15) is 5.82 Å². The fraction of sp³-hybridized carbons (Fsp3) is 0.250. The van der Waals surface area contributed by atoms with Gasteiger partial charge in [-0.3, -0.25) is 0 Å². The van der Waals surface area contributed by atoms with Gasteiger partial charge in [0.15, 0.2) is 0 Å². The number of aryl methyl sites for hydroxylation is 2. The van der Waals surface area contributed by atoms with Crippen LogP contribution in [0, 0.1) is 6.92 Å². The predicted molar refractivity (Wildman–Crippen MR) is 68.1 cm³/mol. The van der Waals surface area contributed by atoms with Crippen LogP contribution in [0.1, 0.15) is 23.0 Å². The molecule has 84 valence electrons. The summed E-state index contributed by atoms with van der Waals surface area (Å²) < 4.78 is 2.97. The summed E-state index contributed by atoms with van der Waals surface area (Å²) in [6.45, 7) is 2.06. The maximum atomic E-state index is 6.20. The molecule has 1 atom stereocenters. The number of nitrogens with zero attached hydrogens (tertiary/aromatic N) is 2. The van der Waals surface area contributed by atoms with E-state index in [1.165, 1.54) is 5.56 Å². The van der Waals surface area contributed by atoms with E-state index in [0.29, 0.717) is 0 Å². The molecule has 16 heavy (non-hydrogen) atoms. The second kappa shape index (κ2) is 4.39. The van der Waals surface area contributed by atoms with Crippen molar-refractivity contribution in [2.75, 3.05) is 0 Å². The average Bonchev–Trinajstić information content (AvgIpc) is 2.63. The Bertz CT molecular complexity index is 505. The van der Waals surface area contributed by atoms with Crippen molar-refractivity contribution in [3.05, 3.63) is 52.0 Å². The van der Waals surface area contributed by atoms with Crippen molar-refractivity contribution in [2.45, 2.75) is 13.0 Å². The Morgan fingerprint density at radius 2 is 2.19 bits per heavy atom. The van der Waals surface area contributed by atoms with E-state index < -0.39 is 0 Å². The van der Waals surface area contributed by atoms with E-state index >= 15 is 0 Å². The van der Waals surface area contributed by atoms with E-state index in [1.807, 2.05) is 23.9 Å². The molecule has 3 nitrogen and oxygen atoms in total.